The first kappa shape index (κ1) is 14.2. The molecule has 0 aliphatic rings. The molecule has 4 aromatic rings. The Labute approximate surface area is 139 Å². The van der Waals surface area contributed by atoms with Gasteiger partial charge in [0, 0.05) is 23.2 Å². The lowest BCUT2D eigenvalue weighted by Gasteiger charge is -2.10. The van der Waals surface area contributed by atoms with Gasteiger partial charge in [-0.15, -0.1) is 0 Å². The zero-order chi connectivity index (χ0) is 16.5. The van der Waals surface area contributed by atoms with Crippen LogP contribution in [0.1, 0.15) is 11.3 Å². The molecule has 0 atom stereocenters. The van der Waals surface area contributed by atoms with Crippen LogP contribution in [-0.2, 0) is 0 Å². The van der Waals surface area contributed by atoms with Gasteiger partial charge in [-0.1, -0.05) is 48.0 Å². The first-order valence-electron chi connectivity index (χ1n) is 7.67. The summed E-state index contributed by atoms with van der Waals surface area (Å²) < 4.78 is 1.80. The van der Waals surface area contributed by atoms with Crippen LogP contribution < -0.4 is 0 Å². The summed E-state index contributed by atoms with van der Waals surface area (Å²) >= 11 is 0. The second-order valence-corrected chi connectivity index (χ2v) is 5.66. The quantitative estimate of drug-likeness (QED) is 0.555. The smallest absolute Gasteiger partial charge is 0.163 e. The van der Waals surface area contributed by atoms with E-state index in [1.54, 1.807) is 10.9 Å². The first-order chi connectivity index (χ1) is 11.8. The molecule has 0 fully saturated rings. The molecule has 2 heterocycles. The van der Waals surface area contributed by atoms with Crippen molar-refractivity contribution in [1.29, 1.82) is 5.26 Å². The van der Waals surface area contributed by atoms with E-state index in [1.807, 2.05) is 48.5 Å². The molecule has 0 saturated heterocycles. The van der Waals surface area contributed by atoms with Gasteiger partial charge in [0.25, 0.3) is 0 Å². The average Bonchev–Trinajstić information content (AvgIpc) is 3.06. The first-order valence-corrected chi connectivity index (χ1v) is 7.67. The third-order valence-electron chi connectivity index (χ3n) is 4.01. The number of benzene rings is 2. The van der Waals surface area contributed by atoms with Gasteiger partial charge in [-0.05, 0) is 19.1 Å². The molecule has 4 heteroatoms. The highest BCUT2D eigenvalue weighted by atomic mass is 15.3. The van der Waals surface area contributed by atoms with Crippen LogP contribution in [-0.4, -0.2) is 14.8 Å². The van der Waals surface area contributed by atoms with Crippen LogP contribution in [0.3, 0.4) is 0 Å². The molecule has 2 aromatic heterocycles. The lowest BCUT2D eigenvalue weighted by Crippen LogP contribution is -2.01. The number of hydrogen-bond acceptors (Lipinski definition) is 3. The predicted molar refractivity (Wildman–Crippen MR) is 93.8 cm³/mol. The molecule has 0 radical (unpaired) electrons. The van der Waals surface area contributed by atoms with Gasteiger partial charge in [0.2, 0.25) is 0 Å². The highest BCUT2D eigenvalue weighted by molar-refractivity contribution is 5.87. The summed E-state index contributed by atoms with van der Waals surface area (Å²) in [7, 11) is 0. The van der Waals surface area contributed by atoms with Gasteiger partial charge in [0.15, 0.2) is 5.69 Å². The highest BCUT2D eigenvalue weighted by Gasteiger charge is 2.14. The highest BCUT2D eigenvalue weighted by Crippen LogP contribution is 2.27. The fourth-order valence-electron chi connectivity index (χ4n) is 2.81. The summed E-state index contributed by atoms with van der Waals surface area (Å²) in [5.41, 5.74) is 5.20. The molecule has 0 saturated carbocycles. The summed E-state index contributed by atoms with van der Waals surface area (Å²) in [4.78, 5) is 4.50. The van der Waals surface area contributed by atoms with E-state index in [0.29, 0.717) is 5.69 Å². The van der Waals surface area contributed by atoms with E-state index in [4.69, 9.17) is 0 Å². The molecule has 0 bridgehead atoms. The van der Waals surface area contributed by atoms with Crippen molar-refractivity contribution in [2.75, 3.05) is 0 Å². The fourth-order valence-corrected chi connectivity index (χ4v) is 2.81. The van der Waals surface area contributed by atoms with E-state index in [2.05, 4.69) is 35.2 Å². The molecule has 4 rings (SSSR count). The Bertz CT molecular complexity index is 1060. The Balaban J connectivity index is 1.99. The molecular formula is C20H14N4. The maximum absolute atomic E-state index is 9.29. The van der Waals surface area contributed by atoms with Crippen molar-refractivity contribution < 1.29 is 0 Å². The second-order valence-electron chi connectivity index (χ2n) is 5.66. The molecule has 0 amide bonds. The molecule has 2 aromatic carbocycles. The zero-order valence-corrected chi connectivity index (χ0v) is 13.1. The Kier molecular flexibility index (Phi) is 3.33. The van der Waals surface area contributed by atoms with Gasteiger partial charge in [-0.3, -0.25) is 4.98 Å². The molecule has 24 heavy (non-hydrogen) atoms. The normalized spacial score (nSPS) is 10.7. The maximum Gasteiger partial charge on any atom is 0.163 e. The number of fused-ring (bicyclic) bond motifs is 1. The Hall–Kier alpha value is -3.45. The third kappa shape index (κ3) is 2.33. The molecule has 0 spiro atoms. The van der Waals surface area contributed by atoms with Gasteiger partial charge < -0.3 is 0 Å². The second kappa shape index (κ2) is 5.64. The van der Waals surface area contributed by atoms with Gasteiger partial charge >= 0.3 is 0 Å². The molecular weight excluding hydrogens is 296 g/mol. The summed E-state index contributed by atoms with van der Waals surface area (Å²) in [5, 5.41) is 14.8. The van der Waals surface area contributed by atoms with E-state index in [-0.39, 0.29) is 0 Å². The van der Waals surface area contributed by atoms with E-state index in [9.17, 15) is 5.26 Å². The zero-order valence-electron chi connectivity index (χ0n) is 13.1. The Morgan fingerprint density at radius 3 is 2.58 bits per heavy atom. The minimum absolute atomic E-state index is 0.388. The summed E-state index contributed by atoms with van der Waals surface area (Å²) in [5.74, 6) is 0. The van der Waals surface area contributed by atoms with E-state index in [0.717, 1.165) is 27.8 Å². The van der Waals surface area contributed by atoms with Crippen molar-refractivity contribution in [2.45, 2.75) is 6.92 Å². The van der Waals surface area contributed by atoms with Crippen LogP contribution >= 0.6 is 0 Å². The van der Waals surface area contributed by atoms with Crippen LogP contribution in [0.5, 0.6) is 0 Å². The Morgan fingerprint density at radius 2 is 1.79 bits per heavy atom. The number of pyridine rings is 1. The number of para-hydroxylation sites is 1. The molecule has 0 aliphatic carbocycles. The maximum atomic E-state index is 9.29. The van der Waals surface area contributed by atoms with Gasteiger partial charge in [0.05, 0.1) is 16.9 Å². The molecule has 114 valence electrons. The lowest BCUT2D eigenvalue weighted by molar-refractivity contribution is 0.884. The summed E-state index contributed by atoms with van der Waals surface area (Å²) in [6, 6.07) is 22.1. The molecule has 0 aliphatic heterocycles. The van der Waals surface area contributed by atoms with E-state index in [1.165, 1.54) is 5.56 Å². The van der Waals surface area contributed by atoms with Crippen molar-refractivity contribution in [1.82, 2.24) is 14.8 Å². The third-order valence-corrected chi connectivity index (χ3v) is 4.01. The predicted octanol–water partition coefficient (Wildman–Crippen LogP) is 4.27. The number of nitrogens with zero attached hydrogens (tertiary/aromatic N) is 4. The van der Waals surface area contributed by atoms with E-state index < -0.39 is 0 Å². The minimum atomic E-state index is 0.388. The number of rotatable bonds is 2. The standard InChI is InChI=1S/C20H14N4/c1-14-7-9-15(10-8-14)19-12-17(13-21)23-24(19)18-6-2-4-16-5-3-11-22-20(16)18/h2-12H,1H3. The molecule has 0 N–H and O–H groups in total. The van der Waals surface area contributed by atoms with Crippen LogP contribution in [0.25, 0.3) is 27.8 Å². The Morgan fingerprint density at radius 1 is 1.00 bits per heavy atom. The van der Waals surface area contributed by atoms with Crippen molar-refractivity contribution >= 4 is 10.9 Å². The van der Waals surface area contributed by atoms with Crippen LogP contribution in [0.15, 0.2) is 66.9 Å². The number of aryl methyl sites for hydroxylation is 1. The van der Waals surface area contributed by atoms with Crippen molar-refractivity contribution in [3.63, 3.8) is 0 Å². The van der Waals surface area contributed by atoms with Crippen molar-refractivity contribution in [3.05, 3.63) is 78.1 Å². The lowest BCUT2D eigenvalue weighted by atomic mass is 10.1. The van der Waals surface area contributed by atoms with Crippen LogP contribution in [0.2, 0.25) is 0 Å². The van der Waals surface area contributed by atoms with Gasteiger partial charge in [-0.2, -0.15) is 10.4 Å². The minimum Gasteiger partial charge on any atom is -0.254 e. The molecule has 0 unspecified atom stereocenters. The topological polar surface area (TPSA) is 54.5 Å². The van der Waals surface area contributed by atoms with E-state index >= 15 is 0 Å². The largest absolute Gasteiger partial charge is 0.254 e. The van der Waals surface area contributed by atoms with Gasteiger partial charge in [0.1, 0.15) is 6.07 Å². The van der Waals surface area contributed by atoms with Crippen LogP contribution in [0, 0.1) is 18.3 Å². The average molecular weight is 310 g/mol. The summed E-state index contributed by atoms with van der Waals surface area (Å²) in [6.45, 7) is 2.05. The number of nitriles is 1. The fraction of sp³-hybridized carbons (Fsp3) is 0.0500. The summed E-state index contributed by atoms with van der Waals surface area (Å²) in [6.07, 6.45) is 1.77. The van der Waals surface area contributed by atoms with Gasteiger partial charge in [-0.25, -0.2) is 4.68 Å². The SMILES string of the molecule is Cc1ccc(-c2cc(C#N)nn2-c2cccc3cccnc23)cc1. The monoisotopic (exact) mass is 310 g/mol. The number of aromatic nitrogens is 3. The van der Waals surface area contributed by atoms with Crippen LogP contribution in [0.4, 0.5) is 0 Å². The van der Waals surface area contributed by atoms with Crippen molar-refractivity contribution in [3.8, 4) is 23.0 Å². The number of hydrogen-bond donors (Lipinski definition) is 0. The van der Waals surface area contributed by atoms with Crippen molar-refractivity contribution in [2.24, 2.45) is 0 Å². The molecule has 4 nitrogen and oxygen atoms in total.